The van der Waals surface area contributed by atoms with Gasteiger partial charge < -0.3 is 10.2 Å². The van der Waals surface area contributed by atoms with E-state index in [2.05, 4.69) is 15.9 Å². The average Bonchev–Trinajstić information content (AvgIpc) is 2.89. The first kappa shape index (κ1) is 10.1. The van der Waals surface area contributed by atoms with Gasteiger partial charge >= 0.3 is 0 Å². The number of aliphatic hydroxyl groups excluding tert-OH is 1. The van der Waals surface area contributed by atoms with E-state index in [1.165, 1.54) is 12.1 Å². The molecule has 1 fully saturated rings. The monoisotopic (exact) mass is 260 g/mol. The van der Waals surface area contributed by atoms with E-state index in [0.29, 0.717) is 28.4 Å². The van der Waals surface area contributed by atoms with Gasteiger partial charge in [0.05, 0.1) is 16.7 Å². The third-order valence-electron chi connectivity index (χ3n) is 2.54. The SMILES string of the molecule is OCc1cc(Br)c(F)cc1C1(O)CC1. The molecule has 0 aromatic heterocycles. The van der Waals surface area contributed by atoms with Crippen molar-refractivity contribution in [1.82, 2.24) is 0 Å². The molecule has 0 aliphatic heterocycles. The van der Waals surface area contributed by atoms with Crippen LogP contribution >= 0.6 is 15.9 Å². The second kappa shape index (κ2) is 3.29. The molecule has 0 bridgehead atoms. The highest BCUT2D eigenvalue weighted by Gasteiger charge is 2.43. The molecular formula is C10H10BrFO2. The average molecular weight is 261 g/mol. The van der Waals surface area contributed by atoms with Gasteiger partial charge in [0.25, 0.3) is 0 Å². The highest BCUT2D eigenvalue weighted by molar-refractivity contribution is 9.10. The van der Waals surface area contributed by atoms with E-state index in [4.69, 9.17) is 5.11 Å². The Morgan fingerprint density at radius 1 is 1.43 bits per heavy atom. The van der Waals surface area contributed by atoms with Crippen LogP contribution in [0.15, 0.2) is 16.6 Å². The molecule has 0 spiro atoms. The van der Waals surface area contributed by atoms with Crippen LogP contribution in [-0.4, -0.2) is 10.2 Å². The van der Waals surface area contributed by atoms with E-state index in [9.17, 15) is 9.50 Å². The molecule has 0 atom stereocenters. The first-order valence-corrected chi connectivity index (χ1v) is 5.18. The van der Waals surface area contributed by atoms with Crippen LogP contribution in [0, 0.1) is 5.82 Å². The van der Waals surface area contributed by atoms with Crippen molar-refractivity contribution >= 4 is 15.9 Å². The number of benzene rings is 1. The van der Waals surface area contributed by atoms with Crippen LogP contribution in [0.3, 0.4) is 0 Å². The minimum atomic E-state index is -0.903. The van der Waals surface area contributed by atoms with Crippen LogP contribution < -0.4 is 0 Å². The maximum atomic E-state index is 13.2. The lowest BCUT2D eigenvalue weighted by Gasteiger charge is -2.13. The first-order chi connectivity index (χ1) is 6.57. The summed E-state index contributed by atoms with van der Waals surface area (Å²) in [6, 6.07) is 2.81. The van der Waals surface area contributed by atoms with E-state index in [0.717, 1.165) is 0 Å². The summed E-state index contributed by atoms with van der Waals surface area (Å²) in [6.07, 6.45) is 1.28. The summed E-state index contributed by atoms with van der Waals surface area (Å²) in [4.78, 5) is 0. The van der Waals surface area contributed by atoms with Crippen LogP contribution in [0.1, 0.15) is 24.0 Å². The van der Waals surface area contributed by atoms with Gasteiger partial charge in [0, 0.05) is 0 Å². The molecule has 14 heavy (non-hydrogen) atoms. The summed E-state index contributed by atoms with van der Waals surface area (Å²) in [6.45, 7) is -0.184. The Hall–Kier alpha value is -0.450. The lowest BCUT2D eigenvalue weighted by molar-refractivity contribution is 0.147. The number of hydrogen-bond donors (Lipinski definition) is 2. The number of hydrogen-bond acceptors (Lipinski definition) is 2. The predicted molar refractivity (Wildman–Crippen MR) is 53.2 cm³/mol. The molecule has 0 heterocycles. The molecule has 0 unspecified atom stereocenters. The second-order valence-electron chi connectivity index (χ2n) is 3.61. The van der Waals surface area contributed by atoms with Crippen molar-refractivity contribution in [3.63, 3.8) is 0 Å². The Labute approximate surface area is 89.5 Å². The van der Waals surface area contributed by atoms with Crippen molar-refractivity contribution in [2.75, 3.05) is 0 Å². The molecule has 0 amide bonds. The fraction of sp³-hybridized carbons (Fsp3) is 0.400. The van der Waals surface area contributed by atoms with Crippen LogP contribution in [-0.2, 0) is 12.2 Å². The molecule has 4 heteroatoms. The van der Waals surface area contributed by atoms with Crippen molar-refractivity contribution in [3.8, 4) is 0 Å². The van der Waals surface area contributed by atoms with Crippen molar-refractivity contribution < 1.29 is 14.6 Å². The standard InChI is InChI=1S/C10H10BrFO2/c11-8-3-6(5-13)7(4-9(8)12)10(14)1-2-10/h3-4,13-14H,1-2,5H2. The Morgan fingerprint density at radius 2 is 2.07 bits per heavy atom. The predicted octanol–water partition coefficient (Wildman–Crippen LogP) is 2.06. The van der Waals surface area contributed by atoms with Gasteiger partial charge in [-0.1, -0.05) is 0 Å². The highest BCUT2D eigenvalue weighted by atomic mass is 79.9. The highest BCUT2D eigenvalue weighted by Crippen LogP contribution is 2.47. The van der Waals surface area contributed by atoms with Gasteiger partial charge in [-0.05, 0) is 52.0 Å². The minimum Gasteiger partial charge on any atom is -0.392 e. The Balaban J connectivity index is 2.52. The lowest BCUT2D eigenvalue weighted by atomic mass is 10.0. The fourth-order valence-corrected chi connectivity index (χ4v) is 1.93. The van der Waals surface area contributed by atoms with E-state index >= 15 is 0 Å². The molecular weight excluding hydrogens is 251 g/mol. The number of rotatable bonds is 2. The smallest absolute Gasteiger partial charge is 0.137 e. The van der Waals surface area contributed by atoms with E-state index < -0.39 is 11.4 Å². The quantitative estimate of drug-likeness (QED) is 0.855. The molecule has 2 nitrogen and oxygen atoms in total. The molecule has 2 rings (SSSR count). The lowest BCUT2D eigenvalue weighted by Crippen LogP contribution is -2.09. The zero-order chi connectivity index (χ0) is 10.3. The number of aliphatic hydroxyl groups is 2. The van der Waals surface area contributed by atoms with Gasteiger partial charge in [-0.15, -0.1) is 0 Å². The van der Waals surface area contributed by atoms with Gasteiger partial charge in [0.1, 0.15) is 5.82 Å². The third-order valence-corrected chi connectivity index (χ3v) is 3.15. The van der Waals surface area contributed by atoms with Crippen molar-refractivity contribution in [3.05, 3.63) is 33.5 Å². The zero-order valence-electron chi connectivity index (χ0n) is 7.43. The van der Waals surface area contributed by atoms with Crippen LogP contribution in [0.2, 0.25) is 0 Å². The van der Waals surface area contributed by atoms with E-state index in [1.54, 1.807) is 0 Å². The van der Waals surface area contributed by atoms with Crippen LogP contribution in [0.4, 0.5) is 4.39 Å². The summed E-state index contributed by atoms with van der Waals surface area (Å²) in [5.41, 5.74) is 0.193. The summed E-state index contributed by atoms with van der Waals surface area (Å²) in [7, 11) is 0. The van der Waals surface area contributed by atoms with E-state index in [1.807, 2.05) is 0 Å². The normalized spacial score (nSPS) is 18.3. The van der Waals surface area contributed by atoms with Gasteiger partial charge in [0.2, 0.25) is 0 Å². The maximum absolute atomic E-state index is 13.2. The molecule has 76 valence electrons. The topological polar surface area (TPSA) is 40.5 Å². The Kier molecular flexibility index (Phi) is 2.37. The Bertz CT molecular complexity index is 375. The molecule has 1 aromatic carbocycles. The molecule has 0 saturated heterocycles. The van der Waals surface area contributed by atoms with Gasteiger partial charge in [-0.3, -0.25) is 0 Å². The molecule has 2 N–H and O–H groups in total. The minimum absolute atomic E-state index is 0.184. The van der Waals surface area contributed by atoms with Crippen LogP contribution in [0.25, 0.3) is 0 Å². The number of halogens is 2. The van der Waals surface area contributed by atoms with E-state index in [-0.39, 0.29) is 6.61 Å². The fourth-order valence-electron chi connectivity index (χ4n) is 1.54. The van der Waals surface area contributed by atoms with Crippen molar-refractivity contribution in [2.24, 2.45) is 0 Å². The third kappa shape index (κ3) is 1.58. The van der Waals surface area contributed by atoms with Crippen molar-refractivity contribution in [2.45, 2.75) is 25.0 Å². The van der Waals surface area contributed by atoms with Gasteiger partial charge in [0.15, 0.2) is 0 Å². The molecule has 1 saturated carbocycles. The van der Waals surface area contributed by atoms with Crippen molar-refractivity contribution in [1.29, 1.82) is 0 Å². The second-order valence-corrected chi connectivity index (χ2v) is 4.47. The largest absolute Gasteiger partial charge is 0.392 e. The van der Waals surface area contributed by atoms with Gasteiger partial charge in [-0.2, -0.15) is 0 Å². The van der Waals surface area contributed by atoms with Crippen LogP contribution in [0.5, 0.6) is 0 Å². The maximum Gasteiger partial charge on any atom is 0.137 e. The molecule has 0 radical (unpaired) electrons. The molecule has 1 aliphatic carbocycles. The molecule has 1 aromatic rings. The van der Waals surface area contributed by atoms with Gasteiger partial charge in [-0.25, -0.2) is 4.39 Å². The zero-order valence-corrected chi connectivity index (χ0v) is 9.01. The summed E-state index contributed by atoms with van der Waals surface area (Å²) >= 11 is 3.04. The summed E-state index contributed by atoms with van der Waals surface area (Å²) in [5.74, 6) is -0.405. The summed E-state index contributed by atoms with van der Waals surface area (Å²) in [5, 5.41) is 18.9. The molecule has 1 aliphatic rings. The first-order valence-electron chi connectivity index (χ1n) is 4.38. The Morgan fingerprint density at radius 3 is 2.57 bits per heavy atom. The summed E-state index contributed by atoms with van der Waals surface area (Å²) < 4.78 is 13.5.